The predicted octanol–water partition coefficient (Wildman–Crippen LogP) is 5.62. The van der Waals surface area contributed by atoms with Crippen molar-refractivity contribution in [3.8, 4) is 40.1 Å². The van der Waals surface area contributed by atoms with Gasteiger partial charge in [-0.05, 0) is 36.2 Å². The Balaban J connectivity index is 0.00000107. The summed E-state index contributed by atoms with van der Waals surface area (Å²) in [5.74, 6) is -0.429. The van der Waals surface area contributed by atoms with Gasteiger partial charge < -0.3 is 14.4 Å². The normalized spacial score (nSPS) is 9.74. The zero-order chi connectivity index (χ0) is 23.0. The van der Waals surface area contributed by atoms with Gasteiger partial charge in [0.25, 0.3) is 0 Å². The number of aromatic nitrogens is 1. The van der Waals surface area contributed by atoms with Crippen molar-refractivity contribution in [1.29, 1.82) is 10.5 Å². The fraction of sp³-hybridized carbons (Fsp3) is 0.240. The lowest BCUT2D eigenvalue weighted by molar-refractivity contribution is 0.0687. The molecule has 0 amide bonds. The van der Waals surface area contributed by atoms with Crippen LogP contribution < -0.4 is 4.74 Å². The molecule has 3 rings (SSSR count). The highest BCUT2D eigenvalue weighted by Crippen LogP contribution is 2.34. The number of benzene rings is 2. The number of carboxylic acids is 1. The molecule has 0 fully saturated rings. The number of aromatic carboxylic acids is 1. The van der Waals surface area contributed by atoms with Crippen LogP contribution in [0.15, 0.2) is 48.7 Å². The van der Waals surface area contributed by atoms with E-state index in [9.17, 15) is 20.4 Å². The molecule has 0 saturated carbocycles. The molecule has 0 unspecified atom stereocenters. The lowest BCUT2D eigenvalue weighted by atomic mass is 9.97. The van der Waals surface area contributed by atoms with Crippen molar-refractivity contribution in [2.75, 3.05) is 6.61 Å². The minimum Gasteiger partial charge on any atom is -0.493 e. The summed E-state index contributed by atoms with van der Waals surface area (Å²) in [6, 6.07) is 16.6. The van der Waals surface area contributed by atoms with Crippen LogP contribution in [0.25, 0.3) is 22.3 Å². The van der Waals surface area contributed by atoms with Crippen LogP contribution in [0.2, 0.25) is 0 Å². The van der Waals surface area contributed by atoms with E-state index in [0.717, 1.165) is 11.1 Å². The molecule has 31 heavy (non-hydrogen) atoms. The Kier molecular flexibility index (Phi) is 8.00. The summed E-state index contributed by atoms with van der Waals surface area (Å²) >= 11 is 0. The maximum atomic E-state index is 11.6. The molecule has 1 N–H and O–H groups in total. The highest BCUT2D eigenvalue weighted by molar-refractivity contribution is 5.97. The molecular weight excluding hydrogens is 390 g/mol. The number of nitriles is 2. The molecule has 0 aliphatic heterocycles. The molecule has 3 aromatic rings. The molecule has 0 bridgehead atoms. The topological polar surface area (TPSA) is 99.0 Å². The number of aryl methyl sites for hydroxylation is 1. The number of ether oxygens (including phenoxy) is 1. The van der Waals surface area contributed by atoms with Crippen LogP contribution in [0.3, 0.4) is 0 Å². The van der Waals surface area contributed by atoms with Crippen molar-refractivity contribution in [2.24, 2.45) is 7.05 Å². The van der Waals surface area contributed by atoms with Gasteiger partial charge in [-0.15, -0.1) is 0 Å². The second-order valence-electron chi connectivity index (χ2n) is 6.83. The Morgan fingerprint density at radius 2 is 1.65 bits per heavy atom. The maximum absolute atomic E-state index is 11.6. The monoisotopic (exact) mass is 415 g/mol. The molecular formula is C25H25N3O3. The molecule has 1 aromatic heterocycles. The van der Waals surface area contributed by atoms with E-state index in [4.69, 9.17) is 4.74 Å². The number of carboxylic acid groups (broad SMARTS) is 1. The molecule has 158 valence electrons. The lowest BCUT2D eigenvalue weighted by Crippen LogP contribution is -2.05. The minimum atomic E-state index is -1.09. The highest BCUT2D eigenvalue weighted by Gasteiger charge is 2.21. The standard InChI is InChI=1S/C22H17N3O3.C3H8/c1-3-28-19-9-4-14(11-23)10-18(19)15-5-7-16(8-6-15)20-17(12-24)13-25(2)21(20)22(26)27;1-3-2/h4-10,13H,3H2,1-2H3,(H,26,27);3H2,1-2H3. The van der Waals surface area contributed by atoms with Gasteiger partial charge in [0.05, 0.1) is 23.8 Å². The third-order valence-corrected chi connectivity index (χ3v) is 4.40. The number of hydrogen-bond acceptors (Lipinski definition) is 4. The zero-order valence-corrected chi connectivity index (χ0v) is 18.1. The number of carbonyl (C=O) groups is 1. The Morgan fingerprint density at radius 3 is 2.16 bits per heavy atom. The number of rotatable bonds is 5. The Morgan fingerprint density at radius 1 is 1.03 bits per heavy atom. The van der Waals surface area contributed by atoms with Gasteiger partial charge in [0.1, 0.15) is 17.5 Å². The number of hydrogen-bond donors (Lipinski definition) is 1. The van der Waals surface area contributed by atoms with E-state index in [1.807, 2.05) is 19.1 Å². The van der Waals surface area contributed by atoms with Gasteiger partial charge in [-0.3, -0.25) is 0 Å². The van der Waals surface area contributed by atoms with Crippen LogP contribution >= 0.6 is 0 Å². The van der Waals surface area contributed by atoms with Gasteiger partial charge in [0.2, 0.25) is 0 Å². The molecule has 0 saturated heterocycles. The first-order chi connectivity index (χ1) is 14.9. The van der Waals surface area contributed by atoms with Crippen molar-refractivity contribution in [2.45, 2.75) is 27.2 Å². The average molecular weight is 415 g/mol. The van der Waals surface area contributed by atoms with E-state index in [0.29, 0.717) is 34.6 Å². The summed E-state index contributed by atoms with van der Waals surface area (Å²) in [5, 5.41) is 28.1. The van der Waals surface area contributed by atoms with E-state index in [1.165, 1.54) is 17.2 Å². The van der Waals surface area contributed by atoms with Crippen LogP contribution in [-0.4, -0.2) is 22.2 Å². The fourth-order valence-corrected chi connectivity index (χ4v) is 3.18. The van der Waals surface area contributed by atoms with Crippen LogP contribution in [0.5, 0.6) is 5.75 Å². The van der Waals surface area contributed by atoms with Crippen molar-refractivity contribution < 1.29 is 14.6 Å². The average Bonchev–Trinajstić information content (AvgIpc) is 3.11. The number of nitrogens with zero attached hydrogens (tertiary/aromatic N) is 3. The predicted molar refractivity (Wildman–Crippen MR) is 120 cm³/mol. The Hall–Kier alpha value is -4.03. The van der Waals surface area contributed by atoms with Crippen molar-refractivity contribution in [1.82, 2.24) is 4.57 Å². The summed E-state index contributed by atoms with van der Waals surface area (Å²) in [4.78, 5) is 11.6. The van der Waals surface area contributed by atoms with E-state index in [-0.39, 0.29) is 5.69 Å². The molecule has 2 aromatic carbocycles. The minimum absolute atomic E-state index is 0.0609. The van der Waals surface area contributed by atoms with Gasteiger partial charge in [0, 0.05) is 24.4 Å². The van der Waals surface area contributed by atoms with E-state index >= 15 is 0 Å². The van der Waals surface area contributed by atoms with Crippen molar-refractivity contribution >= 4 is 5.97 Å². The molecule has 6 heteroatoms. The molecule has 0 radical (unpaired) electrons. The highest BCUT2D eigenvalue weighted by atomic mass is 16.5. The first kappa shape index (κ1) is 23.3. The summed E-state index contributed by atoms with van der Waals surface area (Å²) < 4.78 is 7.10. The Labute approximate surface area is 182 Å². The molecule has 1 heterocycles. The lowest BCUT2D eigenvalue weighted by Gasteiger charge is -2.12. The van der Waals surface area contributed by atoms with Crippen LogP contribution in [0.1, 0.15) is 48.8 Å². The largest absolute Gasteiger partial charge is 0.493 e. The van der Waals surface area contributed by atoms with E-state index in [1.54, 1.807) is 37.4 Å². The first-order valence-electron chi connectivity index (χ1n) is 10.0. The molecule has 0 aliphatic carbocycles. The zero-order valence-electron chi connectivity index (χ0n) is 18.1. The third-order valence-electron chi connectivity index (χ3n) is 4.40. The quantitative estimate of drug-likeness (QED) is 0.583. The summed E-state index contributed by atoms with van der Waals surface area (Å²) in [6.45, 7) is 6.63. The van der Waals surface area contributed by atoms with Crippen LogP contribution in [0, 0.1) is 22.7 Å². The van der Waals surface area contributed by atoms with E-state index in [2.05, 4.69) is 26.0 Å². The molecule has 0 atom stereocenters. The maximum Gasteiger partial charge on any atom is 0.353 e. The smallest absolute Gasteiger partial charge is 0.353 e. The first-order valence-corrected chi connectivity index (χ1v) is 10.0. The molecule has 6 nitrogen and oxygen atoms in total. The van der Waals surface area contributed by atoms with Gasteiger partial charge in [0.15, 0.2) is 0 Å². The Bertz CT molecular complexity index is 1150. The molecule has 0 aliphatic rings. The third kappa shape index (κ3) is 5.12. The fourth-order valence-electron chi connectivity index (χ4n) is 3.18. The SMILES string of the molecule is CCC.CCOc1ccc(C#N)cc1-c1ccc(-c2c(C#N)cn(C)c2C(=O)O)cc1. The second-order valence-corrected chi connectivity index (χ2v) is 6.83. The van der Waals surface area contributed by atoms with Gasteiger partial charge >= 0.3 is 5.97 Å². The van der Waals surface area contributed by atoms with Gasteiger partial charge in [-0.25, -0.2) is 4.79 Å². The van der Waals surface area contributed by atoms with Crippen molar-refractivity contribution in [3.05, 3.63) is 65.5 Å². The molecule has 0 spiro atoms. The van der Waals surface area contributed by atoms with Crippen LogP contribution in [-0.2, 0) is 7.05 Å². The van der Waals surface area contributed by atoms with Gasteiger partial charge in [-0.2, -0.15) is 10.5 Å². The summed E-state index contributed by atoms with van der Waals surface area (Å²) in [7, 11) is 1.60. The van der Waals surface area contributed by atoms with Crippen LogP contribution in [0.4, 0.5) is 0 Å². The van der Waals surface area contributed by atoms with E-state index < -0.39 is 5.97 Å². The van der Waals surface area contributed by atoms with Crippen molar-refractivity contribution in [3.63, 3.8) is 0 Å². The second kappa shape index (κ2) is 10.7. The summed E-state index contributed by atoms with van der Waals surface area (Å²) in [6.07, 6.45) is 2.76. The summed E-state index contributed by atoms with van der Waals surface area (Å²) in [5.41, 5.74) is 3.51. The van der Waals surface area contributed by atoms with Gasteiger partial charge in [-0.1, -0.05) is 44.5 Å².